The zero-order chi connectivity index (χ0) is 13.9. The molecule has 0 aliphatic rings. The molecule has 106 valence electrons. The van der Waals surface area contributed by atoms with E-state index in [0.29, 0.717) is 0 Å². The summed E-state index contributed by atoms with van der Waals surface area (Å²) in [5.74, 6) is 0. The predicted molar refractivity (Wildman–Crippen MR) is 81.0 cm³/mol. The average molecular weight is 291 g/mol. The standard InChI is InChI=1S/C15H19N4.ClH/c1-19(2,3)15-6-4-5-14(11-15)18-17-13-9-7-12(16)8-10-13;/h4-11H,16H2,1-3H3;1H/q+1;/p-1. The van der Waals surface area contributed by atoms with E-state index >= 15 is 0 Å². The molecule has 2 rings (SSSR count). The molecule has 0 radical (unpaired) electrons. The lowest BCUT2D eigenvalue weighted by Crippen LogP contribution is -3.00. The summed E-state index contributed by atoms with van der Waals surface area (Å²) in [7, 11) is 6.36. The van der Waals surface area contributed by atoms with Crippen LogP contribution < -0.4 is 22.6 Å². The van der Waals surface area contributed by atoms with Gasteiger partial charge in [-0.05, 0) is 36.4 Å². The molecule has 0 aliphatic carbocycles. The summed E-state index contributed by atoms with van der Waals surface area (Å²) in [5.41, 5.74) is 9.19. The van der Waals surface area contributed by atoms with E-state index < -0.39 is 0 Å². The molecule has 0 unspecified atom stereocenters. The van der Waals surface area contributed by atoms with Gasteiger partial charge in [0.05, 0.1) is 32.5 Å². The van der Waals surface area contributed by atoms with Crippen LogP contribution in [0.15, 0.2) is 58.8 Å². The third-order valence-corrected chi connectivity index (χ3v) is 2.78. The largest absolute Gasteiger partial charge is 1.00 e. The minimum absolute atomic E-state index is 0. The average Bonchev–Trinajstić information content (AvgIpc) is 2.37. The van der Waals surface area contributed by atoms with Gasteiger partial charge in [0.2, 0.25) is 0 Å². The fourth-order valence-corrected chi connectivity index (χ4v) is 1.63. The minimum Gasteiger partial charge on any atom is -1.00 e. The van der Waals surface area contributed by atoms with Crippen molar-refractivity contribution in [3.05, 3.63) is 48.5 Å². The number of nitrogens with two attached hydrogens (primary N) is 1. The van der Waals surface area contributed by atoms with Crippen LogP contribution in [0.5, 0.6) is 0 Å². The second kappa shape index (κ2) is 6.50. The number of halogens is 1. The Hall–Kier alpha value is -1.91. The highest BCUT2D eigenvalue weighted by Crippen LogP contribution is 2.25. The summed E-state index contributed by atoms with van der Waals surface area (Å²) in [4.78, 5) is 0. The van der Waals surface area contributed by atoms with Gasteiger partial charge in [0.1, 0.15) is 5.69 Å². The Morgan fingerprint density at radius 3 is 2.05 bits per heavy atom. The molecule has 4 nitrogen and oxygen atoms in total. The SMILES string of the molecule is C[N+](C)(C)c1cccc(N=Nc2ccc(N)cc2)c1.[Cl-]. The van der Waals surface area contributed by atoms with Crippen molar-refractivity contribution < 1.29 is 12.4 Å². The number of anilines is 1. The first-order valence-electron chi connectivity index (χ1n) is 6.14. The van der Waals surface area contributed by atoms with Crippen molar-refractivity contribution in [3.8, 4) is 0 Å². The molecule has 0 aromatic heterocycles. The second-order valence-electron chi connectivity index (χ2n) is 5.32. The number of rotatable bonds is 3. The minimum atomic E-state index is 0. The van der Waals surface area contributed by atoms with Crippen LogP contribution in [0.3, 0.4) is 0 Å². The molecule has 2 N–H and O–H groups in total. The molecule has 0 fully saturated rings. The number of nitrogen functional groups attached to an aromatic ring is 1. The van der Waals surface area contributed by atoms with Crippen molar-refractivity contribution in [1.82, 2.24) is 4.48 Å². The van der Waals surface area contributed by atoms with Gasteiger partial charge < -0.3 is 18.1 Å². The first kappa shape index (κ1) is 16.1. The maximum atomic E-state index is 5.63. The molecular formula is C15H19ClN4. The summed E-state index contributed by atoms with van der Waals surface area (Å²) in [6.45, 7) is 0. The summed E-state index contributed by atoms with van der Waals surface area (Å²) in [5, 5.41) is 8.46. The Kier molecular flexibility index (Phi) is 5.25. The number of hydrogen-bond donors (Lipinski definition) is 1. The van der Waals surface area contributed by atoms with E-state index in [1.54, 1.807) is 0 Å². The Bertz CT molecular complexity index is 586. The van der Waals surface area contributed by atoms with E-state index in [1.165, 1.54) is 5.69 Å². The highest BCUT2D eigenvalue weighted by molar-refractivity contribution is 5.53. The maximum Gasteiger partial charge on any atom is 0.134 e. The van der Waals surface area contributed by atoms with Gasteiger partial charge in [0.15, 0.2) is 0 Å². The van der Waals surface area contributed by atoms with Gasteiger partial charge in [-0.2, -0.15) is 10.2 Å². The lowest BCUT2D eigenvalue weighted by Gasteiger charge is -2.23. The fraction of sp³-hybridized carbons (Fsp3) is 0.200. The number of hydrogen-bond acceptors (Lipinski definition) is 3. The van der Waals surface area contributed by atoms with Crippen molar-refractivity contribution >= 4 is 22.7 Å². The molecule has 2 aromatic carbocycles. The maximum absolute atomic E-state index is 5.63. The van der Waals surface area contributed by atoms with Gasteiger partial charge in [0, 0.05) is 11.8 Å². The molecule has 5 heteroatoms. The lowest BCUT2D eigenvalue weighted by atomic mass is 10.2. The van der Waals surface area contributed by atoms with Gasteiger partial charge in [0.25, 0.3) is 0 Å². The van der Waals surface area contributed by atoms with Gasteiger partial charge in [-0.15, -0.1) is 0 Å². The molecule has 0 aliphatic heterocycles. The van der Waals surface area contributed by atoms with Crippen LogP contribution in [-0.4, -0.2) is 21.1 Å². The number of benzene rings is 2. The summed E-state index contributed by atoms with van der Waals surface area (Å²) < 4.78 is 0.755. The molecule has 0 heterocycles. The lowest BCUT2D eigenvalue weighted by molar-refractivity contribution is -0.00000423. The molecule has 0 bridgehead atoms. The summed E-state index contributed by atoms with van der Waals surface area (Å²) >= 11 is 0. The predicted octanol–water partition coefficient (Wildman–Crippen LogP) is 0.885. The molecule has 20 heavy (non-hydrogen) atoms. The molecule has 2 aromatic rings. The van der Waals surface area contributed by atoms with Crippen LogP contribution in [0.2, 0.25) is 0 Å². The monoisotopic (exact) mass is 290 g/mol. The Balaban J connectivity index is 0.00000200. The van der Waals surface area contributed by atoms with E-state index in [1.807, 2.05) is 42.5 Å². The highest BCUT2D eigenvalue weighted by Gasteiger charge is 2.11. The zero-order valence-electron chi connectivity index (χ0n) is 11.9. The van der Waals surface area contributed by atoms with Gasteiger partial charge in [-0.1, -0.05) is 6.07 Å². The van der Waals surface area contributed by atoms with E-state index in [0.717, 1.165) is 21.5 Å². The Labute approximate surface area is 125 Å². The van der Waals surface area contributed by atoms with Gasteiger partial charge in [-0.25, -0.2) is 0 Å². The normalized spacial score (nSPS) is 11.3. The molecule has 0 saturated carbocycles. The first-order valence-corrected chi connectivity index (χ1v) is 6.14. The first-order chi connectivity index (χ1) is 8.95. The van der Waals surface area contributed by atoms with Gasteiger partial charge in [-0.3, -0.25) is 4.48 Å². The Morgan fingerprint density at radius 1 is 0.850 bits per heavy atom. The van der Waals surface area contributed by atoms with Crippen LogP contribution in [-0.2, 0) is 0 Å². The Morgan fingerprint density at radius 2 is 1.45 bits per heavy atom. The summed E-state index contributed by atoms with van der Waals surface area (Å²) in [6, 6.07) is 15.4. The second-order valence-corrected chi connectivity index (χ2v) is 5.32. The molecular weight excluding hydrogens is 272 g/mol. The summed E-state index contributed by atoms with van der Waals surface area (Å²) in [6.07, 6.45) is 0. The van der Waals surface area contributed by atoms with Crippen LogP contribution in [0.1, 0.15) is 0 Å². The zero-order valence-corrected chi connectivity index (χ0v) is 12.7. The van der Waals surface area contributed by atoms with Crippen LogP contribution in [0.4, 0.5) is 22.7 Å². The van der Waals surface area contributed by atoms with Crippen molar-refractivity contribution in [1.29, 1.82) is 0 Å². The third-order valence-electron chi connectivity index (χ3n) is 2.78. The van der Waals surface area contributed by atoms with Crippen molar-refractivity contribution in [2.45, 2.75) is 0 Å². The van der Waals surface area contributed by atoms with E-state index in [-0.39, 0.29) is 12.4 Å². The van der Waals surface area contributed by atoms with Crippen LogP contribution in [0, 0.1) is 0 Å². The molecule has 0 spiro atoms. The van der Waals surface area contributed by atoms with Crippen molar-refractivity contribution in [3.63, 3.8) is 0 Å². The molecule has 0 amide bonds. The smallest absolute Gasteiger partial charge is 0.134 e. The quantitative estimate of drug-likeness (QED) is 0.509. The van der Waals surface area contributed by atoms with Crippen molar-refractivity contribution in [2.24, 2.45) is 10.2 Å². The van der Waals surface area contributed by atoms with E-state index in [2.05, 4.69) is 37.4 Å². The van der Waals surface area contributed by atoms with Gasteiger partial charge >= 0.3 is 0 Å². The highest BCUT2D eigenvalue weighted by atomic mass is 35.5. The number of quaternary nitrogens is 1. The van der Waals surface area contributed by atoms with Crippen molar-refractivity contribution in [2.75, 3.05) is 26.9 Å². The number of azo groups is 1. The third kappa shape index (κ3) is 4.33. The molecule has 0 atom stereocenters. The van der Waals surface area contributed by atoms with Crippen LogP contribution >= 0.6 is 0 Å². The fourth-order valence-electron chi connectivity index (χ4n) is 1.63. The van der Waals surface area contributed by atoms with E-state index in [4.69, 9.17) is 5.73 Å². The number of nitrogens with zero attached hydrogens (tertiary/aromatic N) is 3. The van der Waals surface area contributed by atoms with E-state index in [9.17, 15) is 0 Å². The van der Waals surface area contributed by atoms with Crippen LogP contribution in [0.25, 0.3) is 0 Å². The topological polar surface area (TPSA) is 50.7 Å². The molecule has 0 saturated heterocycles.